The Morgan fingerprint density at radius 2 is 0.516 bits per heavy atom. The van der Waals surface area contributed by atoms with Gasteiger partial charge in [0.25, 0.3) is 0 Å². The van der Waals surface area contributed by atoms with Crippen molar-refractivity contribution >= 4 is 11.9 Å². The molecule has 0 aliphatic carbocycles. The maximum Gasteiger partial charge on any atom is 0.305 e. The number of carbonyl (C=O) groups excluding carboxylic acids is 2. The van der Waals surface area contributed by atoms with Crippen LogP contribution in [0, 0.1) is 0 Å². The van der Waals surface area contributed by atoms with Gasteiger partial charge in [0.05, 0.1) is 25.4 Å². The summed E-state index contributed by atoms with van der Waals surface area (Å²) in [6, 6.07) is -0.540. The second kappa shape index (κ2) is 80.8. The highest BCUT2D eigenvalue weighted by Gasteiger charge is 2.20. The van der Waals surface area contributed by atoms with Gasteiger partial charge in [-0.05, 0) is 77.0 Å². The van der Waals surface area contributed by atoms with Gasteiger partial charge in [0.2, 0.25) is 5.91 Å². The molecule has 2 unspecified atom stereocenters. The smallest absolute Gasteiger partial charge is 0.305 e. The SMILES string of the molecule is CCCCCCCCC/C=C\CCCCCCCCCC(=O)OCCCCCCCCCCCCCCCC/C=C\CCCCCCCCCCCCCCCCCCCC(=O)NC(CO)C(O)CCCCCCCCCCCCCCCCCCCCCCC. The van der Waals surface area contributed by atoms with Crippen LogP contribution >= 0.6 is 0 Å². The maximum absolute atomic E-state index is 12.6. The summed E-state index contributed by atoms with van der Waals surface area (Å²) in [6.45, 7) is 5.01. The van der Waals surface area contributed by atoms with Crippen LogP contribution in [0.1, 0.15) is 483 Å². The first-order valence-corrected chi connectivity index (χ1v) is 42.1. The summed E-state index contributed by atoms with van der Waals surface area (Å²) in [5.74, 6) is -0.00730. The summed E-state index contributed by atoms with van der Waals surface area (Å²) < 4.78 is 5.51. The molecule has 0 bridgehead atoms. The highest BCUT2D eigenvalue weighted by atomic mass is 16.5. The number of nitrogens with one attached hydrogen (secondary N) is 1. The summed E-state index contributed by atoms with van der Waals surface area (Å²) in [6.07, 6.45) is 104. The van der Waals surface area contributed by atoms with Crippen molar-refractivity contribution in [1.29, 1.82) is 0 Å². The van der Waals surface area contributed by atoms with E-state index < -0.39 is 12.1 Å². The quantitative estimate of drug-likeness (QED) is 0.0320. The Labute approximate surface area is 571 Å². The molecule has 0 aromatic rings. The van der Waals surface area contributed by atoms with E-state index in [0.717, 1.165) is 44.9 Å². The standard InChI is InChI=1S/C85H165NO5/c1-3-5-7-9-11-13-15-17-19-21-23-39-42-45-49-53-57-61-65-69-73-77-83(88)82(81-87)86-84(89)78-74-70-66-62-58-54-50-46-43-40-37-35-33-31-29-27-25-24-26-28-30-32-34-36-38-41-44-48-52-56-60-64-68-72-76-80-91-85(90)79-75-71-67-63-59-55-51-47-22-20-18-16-14-12-10-8-6-4-2/h20,22,26,28,82-83,87-88H,3-19,21,23-25,27,29-81H2,1-2H3,(H,86,89)/b22-20-,28-26-. The number of ether oxygens (including phenoxy) is 1. The van der Waals surface area contributed by atoms with Gasteiger partial charge in [-0.15, -0.1) is 0 Å². The Morgan fingerprint density at radius 3 is 0.780 bits per heavy atom. The summed E-state index contributed by atoms with van der Waals surface area (Å²) in [5, 5.41) is 23.5. The Morgan fingerprint density at radius 1 is 0.297 bits per heavy atom. The Bertz CT molecular complexity index is 1430. The zero-order chi connectivity index (χ0) is 65.6. The minimum absolute atomic E-state index is 0.0185. The van der Waals surface area contributed by atoms with Crippen LogP contribution in [0.2, 0.25) is 0 Å². The van der Waals surface area contributed by atoms with Gasteiger partial charge >= 0.3 is 5.97 Å². The van der Waals surface area contributed by atoms with Crippen molar-refractivity contribution in [3.8, 4) is 0 Å². The number of rotatable bonds is 80. The van der Waals surface area contributed by atoms with Crippen LogP contribution in [-0.2, 0) is 14.3 Å². The Balaban J connectivity index is 3.33. The van der Waals surface area contributed by atoms with Gasteiger partial charge in [-0.3, -0.25) is 9.59 Å². The predicted octanol–water partition coefficient (Wildman–Crippen LogP) is 28.0. The molecule has 3 N–H and O–H groups in total. The van der Waals surface area contributed by atoms with Crippen LogP contribution in [0.5, 0.6) is 0 Å². The molecular weight excluding hydrogens is 1110 g/mol. The van der Waals surface area contributed by atoms with E-state index in [1.807, 2.05) is 0 Å². The minimum atomic E-state index is -0.663. The van der Waals surface area contributed by atoms with Gasteiger partial charge in [0.1, 0.15) is 0 Å². The molecule has 2 atom stereocenters. The number of hydrogen-bond donors (Lipinski definition) is 3. The third kappa shape index (κ3) is 77.2. The number of allylic oxidation sites excluding steroid dienone is 4. The average molecular weight is 1280 g/mol. The van der Waals surface area contributed by atoms with Crippen LogP contribution < -0.4 is 5.32 Å². The van der Waals surface area contributed by atoms with E-state index in [-0.39, 0.29) is 18.5 Å². The molecule has 0 aromatic heterocycles. The predicted molar refractivity (Wildman–Crippen MR) is 403 cm³/mol. The topological polar surface area (TPSA) is 95.9 Å². The lowest BCUT2D eigenvalue weighted by Crippen LogP contribution is -2.45. The van der Waals surface area contributed by atoms with Gasteiger partial charge in [0.15, 0.2) is 0 Å². The van der Waals surface area contributed by atoms with Crippen LogP contribution in [0.4, 0.5) is 0 Å². The molecule has 0 spiro atoms. The third-order valence-electron chi connectivity index (χ3n) is 20.0. The molecule has 0 aliphatic rings. The number of aliphatic hydroxyl groups excluding tert-OH is 2. The molecule has 6 heteroatoms. The average Bonchev–Trinajstić information content (AvgIpc) is 3.74. The van der Waals surface area contributed by atoms with E-state index in [1.54, 1.807) is 0 Å². The number of unbranched alkanes of at least 4 members (excludes halogenated alkanes) is 65. The van der Waals surface area contributed by atoms with Crippen molar-refractivity contribution < 1.29 is 24.5 Å². The molecule has 540 valence electrons. The lowest BCUT2D eigenvalue weighted by atomic mass is 10.0. The highest BCUT2D eigenvalue weighted by molar-refractivity contribution is 5.76. The number of carbonyl (C=O) groups is 2. The van der Waals surface area contributed by atoms with Crippen molar-refractivity contribution in [3.05, 3.63) is 24.3 Å². The van der Waals surface area contributed by atoms with Gasteiger partial charge in [-0.25, -0.2) is 0 Å². The van der Waals surface area contributed by atoms with E-state index in [2.05, 4.69) is 43.5 Å². The van der Waals surface area contributed by atoms with Crippen molar-refractivity contribution in [2.75, 3.05) is 13.2 Å². The van der Waals surface area contributed by atoms with Gasteiger partial charge in [-0.1, -0.05) is 417 Å². The molecule has 0 saturated carbocycles. The van der Waals surface area contributed by atoms with E-state index in [0.29, 0.717) is 25.9 Å². The molecule has 1 amide bonds. The molecule has 0 aliphatic heterocycles. The van der Waals surface area contributed by atoms with E-state index >= 15 is 0 Å². The Kier molecular flexibility index (Phi) is 79.3. The van der Waals surface area contributed by atoms with Crippen LogP contribution in [0.25, 0.3) is 0 Å². The molecule has 0 heterocycles. The Hall–Kier alpha value is -1.66. The van der Waals surface area contributed by atoms with E-state index in [4.69, 9.17) is 4.74 Å². The van der Waals surface area contributed by atoms with Crippen molar-refractivity contribution in [1.82, 2.24) is 5.32 Å². The molecule has 0 aromatic carbocycles. The zero-order valence-electron chi connectivity index (χ0n) is 62.1. The third-order valence-corrected chi connectivity index (χ3v) is 20.0. The summed E-state index contributed by atoms with van der Waals surface area (Å²) in [7, 11) is 0. The number of amides is 1. The minimum Gasteiger partial charge on any atom is -0.466 e. The second-order valence-corrected chi connectivity index (χ2v) is 29.2. The lowest BCUT2D eigenvalue weighted by Gasteiger charge is -2.22. The monoisotopic (exact) mass is 1280 g/mol. The first-order valence-electron chi connectivity index (χ1n) is 42.1. The zero-order valence-corrected chi connectivity index (χ0v) is 62.1. The number of esters is 1. The summed E-state index contributed by atoms with van der Waals surface area (Å²) in [5.41, 5.74) is 0. The first-order chi connectivity index (χ1) is 45.0. The molecule has 0 rings (SSSR count). The van der Waals surface area contributed by atoms with Crippen LogP contribution in [-0.4, -0.2) is 47.4 Å². The lowest BCUT2D eigenvalue weighted by molar-refractivity contribution is -0.143. The van der Waals surface area contributed by atoms with Crippen molar-refractivity contribution in [2.45, 2.75) is 495 Å². The molecule has 0 radical (unpaired) electrons. The maximum atomic E-state index is 12.6. The fourth-order valence-electron chi connectivity index (χ4n) is 13.6. The van der Waals surface area contributed by atoms with Gasteiger partial charge in [-0.2, -0.15) is 0 Å². The molecule has 91 heavy (non-hydrogen) atoms. The first kappa shape index (κ1) is 89.3. The van der Waals surface area contributed by atoms with E-state index in [9.17, 15) is 19.8 Å². The van der Waals surface area contributed by atoms with Crippen molar-refractivity contribution in [3.63, 3.8) is 0 Å². The largest absolute Gasteiger partial charge is 0.466 e. The number of hydrogen-bond acceptors (Lipinski definition) is 5. The second-order valence-electron chi connectivity index (χ2n) is 29.2. The summed E-state index contributed by atoms with van der Waals surface area (Å²) in [4.78, 5) is 24.7. The summed E-state index contributed by atoms with van der Waals surface area (Å²) >= 11 is 0. The molecule has 0 saturated heterocycles. The highest BCUT2D eigenvalue weighted by Crippen LogP contribution is 2.20. The van der Waals surface area contributed by atoms with Crippen LogP contribution in [0.15, 0.2) is 24.3 Å². The normalized spacial score (nSPS) is 12.5. The molecular formula is C85H165NO5. The van der Waals surface area contributed by atoms with E-state index in [1.165, 1.54) is 405 Å². The fraction of sp³-hybridized carbons (Fsp3) is 0.929. The van der Waals surface area contributed by atoms with Crippen LogP contribution in [0.3, 0.4) is 0 Å². The molecule has 0 fully saturated rings. The fourth-order valence-corrected chi connectivity index (χ4v) is 13.6. The van der Waals surface area contributed by atoms with Gasteiger partial charge in [0, 0.05) is 12.8 Å². The molecule has 6 nitrogen and oxygen atoms in total. The van der Waals surface area contributed by atoms with Gasteiger partial charge < -0.3 is 20.3 Å². The number of aliphatic hydroxyl groups is 2. The van der Waals surface area contributed by atoms with Crippen molar-refractivity contribution in [2.24, 2.45) is 0 Å².